The largest absolute Gasteiger partial charge is 0.239 e. The Morgan fingerprint density at radius 1 is 1.15 bits per heavy atom. The lowest BCUT2D eigenvalue weighted by Gasteiger charge is -1.97. The van der Waals surface area contributed by atoms with Crippen LogP contribution in [-0.4, -0.2) is 5.84 Å². The van der Waals surface area contributed by atoms with Crippen LogP contribution in [0.3, 0.4) is 0 Å². The second-order valence-corrected chi connectivity index (χ2v) is 3.73. The number of aliphatic imine (C=N–C) groups is 1. The van der Waals surface area contributed by atoms with Crippen molar-refractivity contribution < 1.29 is 0 Å². The zero-order valence-electron chi connectivity index (χ0n) is 7.16. The molecule has 0 aromatic heterocycles. The van der Waals surface area contributed by atoms with E-state index in [4.69, 9.17) is 0 Å². The summed E-state index contributed by atoms with van der Waals surface area (Å²) in [7, 11) is 0. The molecule has 1 radical (unpaired) electrons. The van der Waals surface area contributed by atoms with E-state index in [0.717, 1.165) is 21.6 Å². The molecule has 0 atom stereocenters. The van der Waals surface area contributed by atoms with Gasteiger partial charge in [-0.15, -0.1) is 0 Å². The number of rotatable bonds is 1. The predicted octanol–water partition coefficient (Wildman–Crippen LogP) is 2.78. The van der Waals surface area contributed by atoms with E-state index in [1.807, 2.05) is 31.2 Å². The van der Waals surface area contributed by atoms with Crippen LogP contribution in [0.4, 0.5) is 0 Å². The number of benzene rings is 1. The molecule has 1 aliphatic heterocycles. The molecule has 3 heteroatoms. The molecule has 2 nitrogen and oxygen atoms in total. The van der Waals surface area contributed by atoms with Crippen LogP contribution >= 0.6 is 15.9 Å². The highest BCUT2D eigenvalue weighted by atomic mass is 79.9. The fourth-order valence-electron chi connectivity index (χ4n) is 1.15. The van der Waals surface area contributed by atoms with E-state index < -0.39 is 0 Å². The first kappa shape index (κ1) is 8.51. The molecule has 0 N–H and O–H groups in total. The highest BCUT2D eigenvalue weighted by molar-refractivity contribution is 9.10. The lowest BCUT2D eigenvalue weighted by Crippen LogP contribution is -1.97. The van der Waals surface area contributed by atoms with Gasteiger partial charge in [0.05, 0.1) is 11.9 Å². The summed E-state index contributed by atoms with van der Waals surface area (Å²) in [4.78, 5) is 4.28. The molecule has 0 fully saturated rings. The summed E-state index contributed by atoms with van der Waals surface area (Å²) in [6, 6.07) is 8.04. The molecular formula is C10H8BrN2. The van der Waals surface area contributed by atoms with Crippen molar-refractivity contribution >= 4 is 27.5 Å². The van der Waals surface area contributed by atoms with Gasteiger partial charge in [-0.25, -0.2) is 10.3 Å². The van der Waals surface area contributed by atoms with Crippen LogP contribution in [0.2, 0.25) is 0 Å². The van der Waals surface area contributed by atoms with Crippen molar-refractivity contribution in [2.45, 2.75) is 6.92 Å². The normalized spacial score (nSPS) is 14.9. The third kappa shape index (κ3) is 1.80. The SMILES string of the molecule is CC1=NC(c2ccc(Br)cc2)=C[N]1. The number of halogens is 1. The maximum atomic E-state index is 4.28. The van der Waals surface area contributed by atoms with E-state index in [9.17, 15) is 0 Å². The van der Waals surface area contributed by atoms with E-state index in [0.29, 0.717) is 0 Å². The molecule has 13 heavy (non-hydrogen) atoms. The van der Waals surface area contributed by atoms with E-state index in [1.165, 1.54) is 0 Å². The zero-order valence-corrected chi connectivity index (χ0v) is 8.75. The quantitative estimate of drug-likeness (QED) is 0.716. The number of hydrogen-bond donors (Lipinski definition) is 0. The van der Waals surface area contributed by atoms with E-state index in [2.05, 4.69) is 26.2 Å². The topological polar surface area (TPSA) is 26.5 Å². The average Bonchev–Trinajstić information content (AvgIpc) is 2.53. The Morgan fingerprint density at radius 3 is 2.38 bits per heavy atom. The second kappa shape index (κ2) is 3.34. The summed E-state index contributed by atoms with van der Waals surface area (Å²) < 4.78 is 1.08. The minimum Gasteiger partial charge on any atom is -0.239 e. The molecular weight excluding hydrogens is 228 g/mol. The third-order valence-corrected chi connectivity index (χ3v) is 2.32. The molecule has 0 saturated heterocycles. The van der Waals surface area contributed by atoms with Crippen LogP contribution in [0.15, 0.2) is 39.9 Å². The van der Waals surface area contributed by atoms with E-state index in [1.54, 1.807) is 6.20 Å². The maximum absolute atomic E-state index is 4.28. The molecule has 0 amide bonds. The van der Waals surface area contributed by atoms with Gasteiger partial charge in [0.2, 0.25) is 0 Å². The third-order valence-electron chi connectivity index (χ3n) is 1.80. The molecule has 0 unspecified atom stereocenters. The minimum absolute atomic E-state index is 0.818. The molecule has 1 aromatic carbocycles. The van der Waals surface area contributed by atoms with Crippen LogP contribution in [-0.2, 0) is 0 Å². The minimum atomic E-state index is 0.818. The fraction of sp³-hybridized carbons (Fsp3) is 0.100. The van der Waals surface area contributed by atoms with Crippen molar-refractivity contribution in [2.24, 2.45) is 4.99 Å². The van der Waals surface area contributed by atoms with Crippen molar-refractivity contribution in [1.29, 1.82) is 0 Å². The van der Waals surface area contributed by atoms with Gasteiger partial charge in [0.15, 0.2) is 0 Å². The molecule has 65 valence electrons. The lowest BCUT2D eigenvalue weighted by atomic mass is 10.2. The predicted molar refractivity (Wildman–Crippen MR) is 57.4 cm³/mol. The molecule has 2 rings (SSSR count). The summed E-state index contributed by atoms with van der Waals surface area (Å²) in [5, 5.41) is 4.09. The van der Waals surface area contributed by atoms with Crippen molar-refractivity contribution in [3.8, 4) is 0 Å². The molecule has 0 bridgehead atoms. The maximum Gasteiger partial charge on any atom is 0.126 e. The van der Waals surface area contributed by atoms with Gasteiger partial charge in [0.1, 0.15) is 5.84 Å². The van der Waals surface area contributed by atoms with E-state index >= 15 is 0 Å². The smallest absolute Gasteiger partial charge is 0.126 e. The first-order chi connectivity index (χ1) is 6.25. The summed E-state index contributed by atoms with van der Waals surface area (Å²) in [6.45, 7) is 1.89. The number of amidine groups is 1. The van der Waals surface area contributed by atoms with Gasteiger partial charge in [-0.1, -0.05) is 28.1 Å². The standard InChI is InChI=1S/C10H8BrN2/c1-7-12-6-10(13-7)8-2-4-9(11)5-3-8/h2-6H,1H3. The van der Waals surface area contributed by atoms with Gasteiger partial charge in [0.25, 0.3) is 0 Å². The Hall–Kier alpha value is -1.09. The molecule has 0 saturated carbocycles. The van der Waals surface area contributed by atoms with Crippen LogP contribution in [0.1, 0.15) is 12.5 Å². The highest BCUT2D eigenvalue weighted by Gasteiger charge is 2.06. The number of nitrogens with zero attached hydrogens (tertiary/aromatic N) is 2. The molecule has 1 heterocycles. The second-order valence-electron chi connectivity index (χ2n) is 2.81. The molecule has 0 aliphatic carbocycles. The van der Waals surface area contributed by atoms with Crippen molar-refractivity contribution in [1.82, 2.24) is 5.32 Å². The van der Waals surface area contributed by atoms with Gasteiger partial charge in [-0.2, -0.15) is 0 Å². The summed E-state index contributed by atoms with van der Waals surface area (Å²) in [5.74, 6) is 0.818. The highest BCUT2D eigenvalue weighted by Crippen LogP contribution is 2.20. The Kier molecular flexibility index (Phi) is 2.19. The van der Waals surface area contributed by atoms with E-state index in [-0.39, 0.29) is 0 Å². The van der Waals surface area contributed by atoms with Crippen molar-refractivity contribution in [3.05, 3.63) is 40.5 Å². The summed E-state index contributed by atoms with van der Waals surface area (Å²) in [5.41, 5.74) is 2.04. The summed E-state index contributed by atoms with van der Waals surface area (Å²) in [6.07, 6.45) is 1.79. The molecule has 0 spiro atoms. The van der Waals surface area contributed by atoms with Crippen LogP contribution in [0, 0.1) is 0 Å². The van der Waals surface area contributed by atoms with Gasteiger partial charge in [-0.3, -0.25) is 0 Å². The lowest BCUT2D eigenvalue weighted by molar-refractivity contribution is 1.28. The number of hydrogen-bond acceptors (Lipinski definition) is 1. The van der Waals surface area contributed by atoms with Crippen molar-refractivity contribution in [2.75, 3.05) is 0 Å². The monoisotopic (exact) mass is 235 g/mol. The van der Waals surface area contributed by atoms with Gasteiger partial charge in [-0.05, 0) is 19.1 Å². The van der Waals surface area contributed by atoms with Crippen molar-refractivity contribution in [3.63, 3.8) is 0 Å². The Labute approximate surface area is 85.5 Å². The Morgan fingerprint density at radius 2 is 1.85 bits per heavy atom. The van der Waals surface area contributed by atoms with Gasteiger partial charge in [0, 0.05) is 10.0 Å². The molecule has 1 aliphatic rings. The fourth-order valence-corrected chi connectivity index (χ4v) is 1.41. The first-order valence-corrected chi connectivity index (χ1v) is 4.77. The first-order valence-electron chi connectivity index (χ1n) is 3.98. The van der Waals surface area contributed by atoms with Gasteiger partial charge >= 0.3 is 0 Å². The van der Waals surface area contributed by atoms with Crippen LogP contribution < -0.4 is 5.32 Å². The van der Waals surface area contributed by atoms with Crippen LogP contribution in [0.5, 0.6) is 0 Å². The average molecular weight is 236 g/mol. The Bertz CT molecular complexity index is 376. The van der Waals surface area contributed by atoms with Crippen LogP contribution in [0.25, 0.3) is 5.70 Å². The molecule has 1 aromatic rings. The summed E-state index contributed by atoms with van der Waals surface area (Å²) >= 11 is 3.39. The van der Waals surface area contributed by atoms with Gasteiger partial charge < -0.3 is 0 Å². The Balaban J connectivity index is 2.32. The zero-order chi connectivity index (χ0) is 9.26.